The predicted molar refractivity (Wildman–Crippen MR) is 118 cm³/mol. The van der Waals surface area contributed by atoms with Crippen molar-refractivity contribution in [3.63, 3.8) is 0 Å². The number of amides is 1. The van der Waals surface area contributed by atoms with Crippen molar-refractivity contribution < 1.29 is 9.53 Å². The molecule has 1 fully saturated rings. The van der Waals surface area contributed by atoms with Crippen LogP contribution < -0.4 is 10.5 Å². The zero-order chi connectivity index (χ0) is 18.8. The number of aryl methyl sites for hydroxylation is 1. The summed E-state index contributed by atoms with van der Waals surface area (Å²) >= 11 is 0. The van der Waals surface area contributed by atoms with Crippen molar-refractivity contribution in [2.75, 3.05) is 13.1 Å². The molecule has 0 aliphatic carbocycles. The zero-order valence-corrected chi connectivity index (χ0v) is 17.9. The monoisotopic (exact) mass is 436 g/mol. The molecule has 1 aliphatic rings. The van der Waals surface area contributed by atoms with Gasteiger partial charge in [-0.15, -0.1) is 24.8 Å². The van der Waals surface area contributed by atoms with Gasteiger partial charge < -0.3 is 19.8 Å². The number of carbonyl (C=O) groups is 1. The van der Waals surface area contributed by atoms with Crippen molar-refractivity contribution in [2.45, 2.75) is 32.4 Å². The minimum Gasteiger partial charge on any atom is -0.486 e. The summed E-state index contributed by atoms with van der Waals surface area (Å²) < 4.78 is 7.96. The van der Waals surface area contributed by atoms with Crippen molar-refractivity contribution in [1.82, 2.24) is 14.3 Å². The standard InChI is InChI=1S/C21H24N4O2.2ClH/c1-15-6-4-10-24-13-17(23-20(15)24)14-27-19-9-3-2-8-18(19)21(26)25-11-5-7-16(22)12-25;;/h2-4,6,8-10,13,16H,5,7,11-12,14,22H2,1H3;2*1H. The van der Waals surface area contributed by atoms with E-state index in [1.54, 1.807) is 0 Å². The number of fused-ring (bicyclic) bond motifs is 1. The minimum absolute atomic E-state index is 0. The fourth-order valence-corrected chi connectivity index (χ4v) is 3.56. The third-order valence-electron chi connectivity index (χ3n) is 4.97. The highest BCUT2D eigenvalue weighted by molar-refractivity contribution is 5.97. The van der Waals surface area contributed by atoms with Crippen LogP contribution in [0, 0.1) is 6.92 Å². The van der Waals surface area contributed by atoms with Gasteiger partial charge >= 0.3 is 0 Å². The second-order valence-corrected chi connectivity index (χ2v) is 7.09. The van der Waals surface area contributed by atoms with Gasteiger partial charge in [0.25, 0.3) is 5.91 Å². The summed E-state index contributed by atoms with van der Waals surface area (Å²) in [5.41, 5.74) is 9.46. The van der Waals surface area contributed by atoms with Crippen LogP contribution in [-0.4, -0.2) is 39.3 Å². The number of nitrogens with zero attached hydrogens (tertiary/aromatic N) is 3. The van der Waals surface area contributed by atoms with Crippen molar-refractivity contribution in [3.05, 3.63) is 65.6 Å². The largest absolute Gasteiger partial charge is 0.486 e. The van der Waals surface area contributed by atoms with Crippen molar-refractivity contribution in [2.24, 2.45) is 5.73 Å². The van der Waals surface area contributed by atoms with E-state index in [1.165, 1.54) is 0 Å². The Bertz CT molecular complexity index is 976. The molecule has 1 atom stereocenters. The molecule has 0 spiro atoms. The Kier molecular flexibility index (Phi) is 7.90. The molecule has 0 radical (unpaired) electrons. The van der Waals surface area contributed by atoms with Crippen molar-refractivity contribution >= 4 is 36.4 Å². The Balaban J connectivity index is 0.00000150. The number of benzene rings is 1. The lowest BCUT2D eigenvalue weighted by Crippen LogP contribution is -2.45. The SMILES string of the molecule is Cc1cccn2cc(COc3ccccc3C(=O)N3CCCC(N)C3)nc12.Cl.Cl. The topological polar surface area (TPSA) is 72.9 Å². The van der Waals surface area contributed by atoms with E-state index >= 15 is 0 Å². The number of para-hydroxylation sites is 1. The normalized spacial score (nSPS) is 16.1. The summed E-state index contributed by atoms with van der Waals surface area (Å²) in [6.07, 6.45) is 5.83. The van der Waals surface area contributed by atoms with Gasteiger partial charge in [-0.05, 0) is 43.5 Å². The van der Waals surface area contributed by atoms with Crippen molar-refractivity contribution in [3.8, 4) is 5.75 Å². The van der Waals surface area contributed by atoms with Crippen LogP contribution in [0.4, 0.5) is 0 Å². The first-order chi connectivity index (χ1) is 13.1. The Hall–Kier alpha value is -2.28. The summed E-state index contributed by atoms with van der Waals surface area (Å²) in [5.74, 6) is 0.557. The number of piperidine rings is 1. The fourth-order valence-electron chi connectivity index (χ4n) is 3.56. The number of carbonyl (C=O) groups excluding carboxylic acids is 1. The van der Waals surface area contributed by atoms with E-state index in [2.05, 4.69) is 4.98 Å². The smallest absolute Gasteiger partial charge is 0.257 e. The highest BCUT2D eigenvalue weighted by atomic mass is 35.5. The van der Waals surface area contributed by atoms with Crippen LogP contribution in [0.5, 0.6) is 5.75 Å². The van der Waals surface area contributed by atoms with Crippen LogP contribution in [0.2, 0.25) is 0 Å². The lowest BCUT2D eigenvalue weighted by Gasteiger charge is -2.31. The molecule has 6 nitrogen and oxygen atoms in total. The van der Waals surface area contributed by atoms with E-state index in [-0.39, 0.29) is 36.8 Å². The molecular formula is C21H26Cl2N4O2. The van der Waals surface area contributed by atoms with Crippen LogP contribution in [-0.2, 0) is 6.61 Å². The predicted octanol–water partition coefficient (Wildman–Crippen LogP) is 3.63. The van der Waals surface area contributed by atoms with Gasteiger partial charge in [-0.3, -0.25) is 4.79 Å². The van der Waals surface area contributed by atoms with E-state index in [9.17, 15) is 4.79 Å². The van der Waals surface area contributed by atoms with E-state index in [4.69, 9.17) is 10.5 Å². The minimum atomic E-state index is -0.0217. The van der Waals surface area contributed by atoms with Crippen LogP contribution in [0.15, 0.2) is 48.8 Å². The number of nitrogens with two attached hydrogens (primary N) is 1. The highest BCUT2D eigenvalue weighted by Crippen LogP contribution is 2.23. The highest BCUT2D eigenvalue weighted by Gasteiger charge is 2.24. The fraction of sp³-hybridized carbons (Fsp3) is 0.333. The van der Waals surface area contributed by atoms with E-state index in [0.29, 0.717) is 24.5 Å². The van der Waals surface area contributed by atoms with Crippen molar-refractivity contribution in [1.29, 1.82) is 0 Å². The summed E-state index contributed by atoms with van der Waals surface area (Å²) in [7, 11) is 0. The Morgan fingerprint density at radius 2 is 2.03 bits per heavy atom. The molecule has 0 bridgehead atoms. The number of halogens is 2. The van der Waals surface area contributed by atoms with Gasteiger partial charge in [0.15, 0.2) is 0 Å². The maximum atomic E-state index is 12.9. The lowest BCUT2D eigenvalue weighted by atomic mass is 10.0. The van der Waals surface area contributed by atoms with Gasteiger partial charge in [-0.1, -0.05) is 18.2 Å². The van der Waals surface area contributed by atoms with Gasteiger partial charge in [-0.25, -0.2) is 4.98 Å². The van der Waals surface area contributed by atoms with Crippen LogP contribution in [0.3, 0.4) is 0 Å². The van der Waals surface area contributed by atoms with E-state index < -0.39 is 0 Å². The second-order valence-electron chi connectivity index (χ2n) is 7.09. The molecule has 156 valence electrons. The van der Waals surface area contributed by atoms with Crippen LogP contribution in [0.1, 0.15) is 34.5 Å². The molecule has 1 saturated heterocycles. The molecule has 1 aromatic carbocycles. The molecule has 4 rings (SSSR count). The number of ether oxygens (including phenoxy) is 1. The molecule has 2 N–H and O–H groups in total. The average molecular weight is 437 g/mol. The van der Waals surface area contributed by atoms with Gasteiger partial charge in [-0.2, -0.15) is 0 Å². The molecular weight excluding hydrogens is 411 g/mol. The molecule has 3 aromatic rings. The average Bonchev–Trinajstić information content (AvgIpc) is 3.11. The molecule has 0 saturated carbocycles. The summed E-state index contributed by atoms with van der Waals surface area (Å²) in [4.78, 5) is 19.4. The number of hydrogen-bond donors (Lipinski definition) is 1. The van der Waals surface area contributed by atoms with Gasteiger partial charge in [0.2, 0.25) is 0 Å². The molecule has 8 heteroatoms. The first-order valence-electron chi connectivity index (χ1n) is 9.31. The summed E-state index contributed by atoms with van der Waals surface area (Å²) in [6, 6.07) is 11.5. The number of hydrogen-bond acceptors (Lipinski definition) is 4. The Labute approximate surface area is 182 Å². The Morgan fingerprint density at radius 3 is 2.79 bits per heavy atom. The zero-order valence-electron chi connectivity index (χ0n) is 16.3. The quantitative estimate of drug-likeness (QED) is 0.677. The summed E-state index contributed by atoms with van der Waals surface area (Å²) in [5, 5.41) is 0. The van der Waals surface area contributed by atoms with Crippen LogP contribution >= 0.6 is 24.8 Å². The van der Waals surface area contributed by atoms with Gasteiger partial charge in [0.05, 0.1) is 11.3 Å². The lowest BCUT2D eigenvalue weighted by molar-refractivity contribution is 0.0704. The third-order valence-corrected chi connectivity index (χ3v) is 4.97. The number of pyridine rings is 1. The molecule has 1 aliphatic heterocycles. The van der Waals surface area contributed by atoms with E-state index in [0.717, 1.165) is 36.3 Å². The number of rotatable bonds is 4. The summed E-state index contributed by atoms with van der Waals surface area (Å²) in [6.45, 7) is 3.68. The maximum absolute atomic E-state index is 12.9. The molecule has 29 heavy (non-hydrogen) atoms. The molecule has 1 amide bonds. The molecule has 3 heterocycles. The first kappa shape index (κ1) is 23.0. The maximum Gasteiger partial charge on any atom is 0.257 e. The Morgan fingerprint density at radius 1 is 1.24 bits per heavy atom. The second kappa shape index (κ2) is 9.96. The first-order valence-corrected chi connectivity index (χ1v) is 9.31. The van der Waals surface area contributed by atoms with Crippen LogP contribution in [0.25, 0.3) is 5.65 Å². The number of aromatic nitrogens is 2. The van der Waals surface area contributed by atoms with Gasteiger partial charge in [0, 0.05) is 31.5 Å². The molecule has 2 aromatic heterocycles. The molecule has 1 unspecified atom stereocenters. The third kappa shape index (κ3) is 5.01. The number of imidazole rings is 1. The number of likely N-dealkylation sites (tertiary alicyclic amines) is 1. The van der Waals surface area contributed by atoms with Gasteiger partial charge in [0.1, 0.15) is 18.0 Å². The van der Waals surface area contributed by atoms with E-state index in [1.807, 2.05) is 65.0 Å².